The van der Waals surface area contributed by atoms with Gasteiger partial charge in [0.15, 0.2) is 11.5 Å². The number of carbonyl (C=O) groups is 1. The van der Waals surface area contributed by atoms with Crippen molar-refractivity contribution in [2.75, 3.05) is 23.8 Å². The smallest absolute Gasteiger partial charge is 0.255 e. The number of carbonyl (C=O) groups excluding carboxylic acids is 1. The van der Waals surface area contributed by atoms with Gasteiger partial charge in [-0.2, -0.15) is 4.98 Å². The third-order valence-corrected chi connectivity index (χ3v) is 8.76. The third-order valence-electron chi connectivity index (χ3n) is 7.51. The van der Waals surface area contributed by atoms with Gasteiger partial charge in [0, 0.05) is 22.2 Å². The predicted octanol–water partition coefficient (Wildman–Crippen LogP) is 8.82. The second kappa shape index (κ2) is 15.4. The number of anilines is 2. The lowest BCUT2D eigenvalue weighted by Crippen LogP contribution is -2.31. The van der Waals surface area contributed by atoms with E-state index in [0.717, 1.165) is 35.2 Å². The zero-order valence-corrected chi connectivity index (χ0v) is 27.8. The topological polar surface area (TPSA) is 90.3 Å². The maximum Gasteiger partial charge on any atom is 0.255 e. The van der Waals surface area contributed by atoms with Crippen molar-refractivity contribution in [1.29, 1.82) is 0 Å². The van der Waals surface area contributed by atoms with Crippen LogP contribution in [0.15, 0.2) is 83.2 Å². The third kappa shape index (κ3) is 8.02. The van der Waals surface area contributed by atoms with E-state index in [4.69, 9.17) is 31.2 Å². The minimum atomic E-state index is -0.564. The lowest BCUT2D eigenvalue weighted by atomic mass is 9.94. The summed E-state index contributed by atoms with van der Waals surface area (Å²) in [6.07, 6.45) is 4.47. The summed E-state index contributed by atoms with van der Waals surface area (Å²) in [4.78, 5) is 18.8. The molecule has 45 heavy (non-hydrogen) atoms. The molecular weight excluding hydrogens is 606 g/mol. The second-order valence-electron chi connectivity index (χ2n) is 11.0. The van der Waals surface area contributed by atoms with Gasteiger partial charge in [0.25, 0.3) is 5.91 Å². The maximum atomic E-state index is 14.0. The number of ether oxygens (including phenoxy) is 2. The minimum absolute atomic E-state index is 0.226. The summed E-state index contributed by atoms with van der Waals surface area (Å²) >= 11 is 7.90. The summed E-state index contributed by atoms with van der Waals surface area (Å²) in [5.41, 5.74) is 4.85. The Morgan fingerprint density at radius 2 is 1.84 bits per heavy atom. The Morgan fingerprint density at radius 1 is 1.00 bits per heavy atom. The molecule has 5 rings (SSSR count). The van der Waals surface area contributed by atoms with E-state index >= 15 is 0 Å². The Balaban J connectivity index is 1.49. The van der Waals surface area contributed by atoms with Crippen LogP contribution < -0.4 is 20.1 Å². The Bertz CT molecular complexity index is 1670. The number of allylic oxidation sites excluding steroid dienone is 1. The Labute approximate surface area is 274 Å². The van der Waals surface area contributed by atoms with Crippen LogP contribution in [0, 0.1) is 6.92 Å². The minimum Gasteiger partial charge on any atom is -0.490 e. The van der Waals surface area contributed by atoms with Gasteiger partial charge in [-0.25, -0.2) is 4.68 Å². The van der Waals surface area contributed by atoms with E-state index in [-0.39, 0.29) is 5.91 Å². The number of rotatable bonds is 14. The van der Waals surface area contributed by atoms with Gasteiger partial charge in [-0.3, -0.25) is 4.79 Å². The van der Waals surface area contributed by atoms with Crippen LogP contribution in [-0.4, -0.2) is 33.9 Å². The molecule has 0 saturated carbocycles. The first-order valence-corrected chi connectivity index (χ1v) is 16.8. The van der Waals surface area contributed by atoms with Crippen LogP contribution in [0.3, 0.4) is 0 Å². The van der Waals surface area contributed by atoms with Crippen LogP contribution in [0.4, 0.5) is 11.6 Å². The number of aryl methyl sites for hydroxylation is 1. The molecule has 0 spiro atoms. The largest absolute Gasteiger partial charge is 0.490 e. The first-order valence-electron chi connectivity index (χ1n) is 15.5. The first kappa shape index (κ1) is 32.4. The van der Waals surface area contributed by atoms with E-state index in [1.54, 1.807) is 4.68 Å². The summed E-state index contributed by atoms with van der Waals surface area (Å²) in [5, 5.41) is 12.6. The molecule has 0 radical (unpaired) electrons. The molecule has 2 N–H and O–H groups in total. The summed E-state index contributed by atoms with van der Waals surface area (Å²) in [6.45, 7) is 9.14. The number of fused-ring (bicyclic) bond motifs is 1. The molecule has 1 unspecified atom stereocenters. The number of halogens is 1. The molecule has 10 heteroatoms. The van der Waals surface area contributed by atoms with Crippen molar-refractivity contribution in [3.05, 3.63) is 99.7 Å². The van der Waals surface area contributed by atoms with E-state index in [2.05, 4.69) is 17.6 Å². The fourth-order valence-electron chi connectivity index (χ4n) is 5.27. The van der Waals surface area contributed by atoms with Gasteiger partial charge in [-0.15, -0.1) is 5.10 Å². The molecule has 8 nitrogen and oxygen atoms in total. The van der Waals surface area contributed by atoms with Crippen LogP contribution >= 0.6 is 23.4 Å². The molecule has 1 aliphatic heterocycles. The van der Waals surface area contributed by atoms with Crippen molar-refractivity contribution >= 4 is 40.9 Å². The lowest BCUT2D eigenvalue weighted by Gasteiger charge is -2.29. The zero-order chi connectivity index (χ0) is 31.8. The molecule has 236 valence electrons. The van der Waals surface area contributed by atoms with Gasteiger partial charge in [-0.05, 0) is 74.2 Å². The molecular formula is C35H40ClN5O3S. The molecule has 1 atom stereocenters. The van der Waals surface area contributed by atoms with Gasteiger partial charge in [0.2, 0.25) is 11.1 Å². The normalized spacial score (nSPS) is 14.1. The highest BCUT2D eigenvalue weighted by molar-refractivity contribution is 7.98. The first-order chi connectivity index (χ1) is 21.9. The number of unbranched alkanes of at least 4 members (excludes halogenated alkanes) is 3. The van der Waals surface area contributed by atoms with Crippen LogP contribution in [0.5, 0.6) is 11.5 Å². The quantitative estimate of drug-likeness (QED) is 0.105. The van der Waals surface area contributed by atoms with Gasteiger partial charge in [0.05, 0.1) is 18.8 Å². The zero-order valence-electron chi connectivity index (χ0n) is 26.2. The van der Waals surface area contributed by atoms with Gasteiger partial charge < -0.3 is 20.1 Å². The number of nitrogens with zero attached hydrogens (tertiary/aromatic N) is 3. The van der Waals surface area contributed by atoms with E-state index in [1.165, 1.54) is 24.6 Å². The van der Waals surface area contributed by atoms with E-state index in [9.17, 15) is 4.79 Å². The molecule has 1 amide bonds. The highest BCUT2D eigenvalue weighted by Crippen LogP contribution is 2.40. The predicted molar refractivity (Wildman–Crippen MR) is 183 cm³/mol. The van der Waals surface area contributed by atoms with E-state index in [1.807, 2.05) is 87.5 Å². The Hall–Kier alpha value is -3.95. The highest BCUT2D eigenvalue weighted by Gasteiger charge is 2.35. The molecule has 0 fully saturated rings. The molecule has 0 aliphatic carbocycles. The lowest BCUT2D eigenvalue weighted by molar-refractivity contribution is -0.113. The number of hydrogen-bond donors (Lipinski definition) is 2. The average molecular weight is 646 g/mol. The van der Waals surface area contributed by atoms with Gasteiger partial charge >= 0.3 is 0 Å². The van der Waals surface area contributed by atoms with E-state index < -0.39 is 6.04 Å². The Morgan fingerprint density at radius 3 is 2.62 bits per heavy atom. The fourth-order valence-corrected chi connectivity index (χ4v) is 6.38. The van der Waals surface area contributed by atoms with Crippen molar-refractivity contribution < 1.29 is 14.3 Å². The van der Waals surface area contributed by atoms with Crippen molar-refractivity contribution in [2.24, 2.45) is 0 Å². The molecule has 1 aliphatic rings. The van der Waals surface area contributed by atoms with Crippen molar-refractivity contribution in [3.8, 4) is 11.5 Å². The molecule has 2 heterocycles. The summed E-state index contributed by atoms with van der Waals surface area (Å²) in [7, 11) is 0. The standard InChI is InChI=1S/C35H40ClN5O3S/c1-5-7-8-11-19-44-29-18-17-25(21-30(29)43-6-2)32-31(33(42)38-27-15-12-13-23(3)20-27)24(4)37-34-39-35(40-41(32)34)45-22-26-14-9-10-16-28(26)36/h9-10,12-18,20-21,32H,5-8,11,19,22H2,1-4H3,(H,38,42)(H,37,39,40). The summed E-state index contributed by atoms with van der Waals surface area (Å²) in [5.74, 6) is 2.26. The average Bonchev–Trinajstić information content (AvgIpc) is 3.43. The Kier molecular flexibility index (Phi) is 11.1. The second-order valence-corrected chi connectivity index (χ2v) is 12.3. The molecule has 4 aromatic rings. The SMILES string of the molecule is CCCCCCOc1ccc(C2C(C(=O)Nc3cccc(C)c3)=C(C)Nc3nc(SCc4ccccc4Cl)nn32)cc1OCC. The number of thioether (sulfide) groups is 1. The number of amides is 1. The molecule has 0 bridgehead atoms. The monoisotopic (exact) mass is 645 g/mol. The van der Waals surface area contributed by atoms with Crippen LogP contribution in [0.2, 0.25) is 5.02 Å². The van der Waals surface area contributed by atoms with Gasteiger partial charge in [0.1, 0.15) is 6.04 Å². The molecule has 0 saturated heterocycles. The maximum absolute atomic E-state index is 14.0. The number of aromatic nitrogens is 3. The number of nitrogens with one attached hydrogen (secondary N) is 2. The van der Waals surface area contributed by atoms with Crippen molar-refractivity contribution in [3.63, 3.8) is 0 Å². The van der Waals surface area contributed by atoms with E-state index in [0.29, 0.717) is 57.9 Å². The number of hydrogen-bond acceptors (Lipinski definition) is 7. The van der Waals surface area contributed by atoms with Crippen molar-refractivity contribution in [1.82, 2.24) is 14.8 Å². The molecule has 1 aromatic heterocycles. The van der Waals surface area contributed by atoms with Crippen LogP contribution in [0.1, 0.15) is 69.2 Å². The summed E-state index contributed by atoms with van der Waals surface area (Å²) in [6, 6.07) is 20.8. The van der Waals surface area contributed by atoms with Crippen LogP contribution in [0.25, 0.3) is 0 Å². The summed E-state index contributed by atoms with van der Waals surface area (Å²) < 4.78 is 14.0. The van der Waals surface area contributed by atoms with Crippen molar-refractivity contribution in [2.45, 2.75) is 70.3 Å². The highest BCUT2D eigenvalue weighted by atomic mass is 35.5. The fraction of sp³-hybridized carbons (Fsp3) is 0.343. The molecule has 3 aromatic carbocycles. The number of benzene rings is 3. The van der Waals surface area contributed by atoms with Crippen LogP contribution in [-0.2, 0) is 10.5 Å². The van der Waals surface area contributed by atoms with Gasteiger partial charge in [-0.1, -0.05) is 85.9 Å².